The smallest absolute Gasteiger partial charge is 0.264 e. The third kappa shape index (κ3) is 6.80. The number of likely N-dealkylation sites (N-methyl/N-ethyl adjacent to an activating group) is 1. The lowest BCUT2D eigenvalue weighted by atomic mass is 10.1. The molecule has 0 saturated carbocycles. The van der Waals surface area contributed by atoms with Crippen molar-refractivity contribution in [1.29, 1.82) is 0 Å². The molecular formula is C27H28Cl3N3O4S. The summed E-state index contributed by atoms with van der Waals surface area (Å²) in [5.41, 5.74) is 2.77. The molecule has 3 aromatic rings. The summed E-state index contributed by atoms with van der Waals surface area (Å²) in [6.07, 6.45) is 0. The van der Waals surface area contributed by atoms with Gasteiger partial charge in [0, 0.05) is 18.6 Å². The highest BCUT2D eigenvalue weighted by Crippen LogP contribution is 2.28. The van der Waals surface area contributed by atoms with Gasteiger partial charge >= 0.3 is 0 Å². The molecule has 0 saturated heterocycles. The Labute approximate surface area is 238 Å². The van der Waals surface area contributed by atoms with Gasteiger partial charge in [0.15, 0.2) is 0 Å². The van der Waals surface area contributed by atoms with Gasteiger partial charge in [0.2, 0.25) is 11.8 Å². The molecule has 7 nitrogen and oxygen atoms in total. The van der Waals surface area contributed by atoms with Crippen LogP contribution in [0.5, 0.6) is 0 Å². The Hall–Kier alpha value is -2.78. The number of aryl methyl sites for hydroxylation is 2. The minimum atomic E-state index is -4.18. The molecular weight excluding hydrogens is 569 g/mol. The van der Waals surface area contributed by atoms with Crippen molar-refractivity contribution in [2.75, 3.05) is 17.9 Å². The van der Waals surface area contributed by atoms with Crippen LogP contribution >= 0.6 is 34.8 Å². The number of benzene rings is 3. The fourth-order valence-electron chi connectivity index (χ4n) is 3.77. The normalized spacial score (nSPS) is 12.1. The molecule has 0 aliphatic rings. The summed E-state index contributed by atoms with van der Waals surface area (Å²) in [5.74, 6) is -0.986. The first-order chi connectivity index (χ1) is 17.8. The summed E-state index contributed by atoms with van der Waals surface area (Å²) >= 11 is 18.2. The zero-order chi connectivity index (χ0) is 28.2. The minimum absolute atomic E-state index is 0.00602. The van der Waals surface area contributed by atoms with Crippen molar-refractivity contribution < 1.29 is 18.0 Å². The Bertz CT molecular complexity index is 1450. The number of sulfonamides is 1. The predicted octanol–water partition coefficient (Wildman–Crippen LogP) is 5.62. The van der Waals surface area contributed by atoms with Crippen LogP contribution in [0.15, 0.2) is 65.6 Å². The molecule has 0 spiro atoms. The second-order valence-electron chi connectivity index (χ2n) is 8.79. The van der Waals surface area contributed by atoms with E-state index in [0.717, 1.165) is 15.4 Å². The standard InChI is InChI=1S/C27H28Cl3N3O4S/c1-17-5-9-22(13-18(17)2)33(38(36,37)23-10-7-21(28)8-11-23)16-26(34)32(19(3)27(35)31-4)15-20-6-12-24(29)25(30)14-20/h5-14,19H,15-16H2,1-4H3,(H,31,35). The molecule has 202 valence electrons. The Morgan fingerprint density at radius 2 is 1.55 bits per heavy atom. The number of halogens is 3. The van der Waals surface area contributed by atoms with Crippen LogP contribution in [0.1, 0.15) is 23.6 Å². The van der Waals surface area contributed by atoms with Crippen LogP contribution in [0, 0.1) is 13.8 Å². The summed E-state index contributed by atoms with van der Waals surface area (Å²) < 4.78 is 28.6. The van der Waals surface area contributed by atoms with E-state index >= 15 is 0 Å². The van der Waals surface area contributed by atoms with Gasteiger partial charge in [-0.25, -0.2) is 8.42 Å². The fourth-order valence-corrected chi connectivity index (χ4v) is 5.62. The maximum Gasteiger partial charge on any atom is 0.264 e. The van der Waals surface area contributed by atoms with Crippen molar-refractivity contribution in [3.8, 4) is 0 Å². The quantitative estimate of drug-likeness (QED) is 0.347. The van der Waals surface area contributed by atoms with Crippen LogP contribution in [-0.2, 0) is 26.2 Å². The van der Waals surface area contributed by atoms with Gasteiger partial charge in [0.05, 0.1) is 20.6 Å². The molecule has 3 rings (SSSR count). The van der Waals surface area contributed by atoms with E-state index < -0.39 is 34.4 Å². The molecule has 1 unspecified atom stereocenters. The van der Waals surface area contributed by atoms with Gasteiger partial charge in [-0.05, 0) is 86.0 Å². The van der Waals surface area contributed by atoms with Gasteiger partial charge in [-0.2, -0.15) is 0 Å². The Morgan fingerprint density at radius 1 is 0.895 bits per heavy atom. The number of nitrogens with zero attached hydrogens (tertiary/aromatic N) is 2. The van der Waals surface area contributed by atoms with Crippen molar-refractivity contribution in [3.63, 3.8) is 0 Å². The van der Waals surface area contributed by atoms with Crippen LogP contribution in [0.3, 0.4) is 0 Å². The van der Waals surface area contributed by atoms with Crippen LogP contribution in [-0.4, -0.2) is 44.8 Å². The van der Waals surface area contributed by atoms with Crippen molar-refractivity contribution in [2.45, 2.75) is 38.3 Å². The van der Waals surface area contributed by atoms with Gasteiger partial charge in [0.1, 0.15) is 12.6 Å². The second-order valence-corrected chi connectivity index (χ2v) is 11.9. The molecule has 0 heterocycles. The molecule has 38 heavy (non-hydrogen) atoms. The van der Waals surface area contributed by atoms with Crippen molar-refractivity contribution in [1.82, 2.24) is 10.2 Å². The number of hydrogen-bond acceptors (Lipinski definition) is 4. The van der Waals surface area contributed by atoms with Gasteiger partial charge < -0.3 is 10.2 Å². The van der Waals surface area contributed by atoms with Crippen LogP contribution < -0.4 is 9.62 Å². The first-order valence-electron chi connectivity index (χ1n) is 11.7. The molecule has 3 aromatic carbocycles. The van der Waals surface area contributed by atoms with Crippen molar-refractivity contribution in [3.05, 3.63) is 92.4 Å². The monoisotopic (exact) mass is 595 g/mol. The Balaban J connectivity index is 2.06. The number of carbonyl (C=O) groups is 2. The molecule has 0 aliphatic heterocycles. The van der Waals surface area contributed by atoms with Crippen molar-refractivity contribution >= 4 is 62.3 Å². The lowest BCUT2D eigenvalue weighted by molar-refractivity contribution is -0.139. The van der Waals surface area contributed by atoms with Crippen LogP contribution in [0.25, 0.3) is 0 Å². The first-order valence-corrected chi connectivity index (χ1v) is 14.2. The summed E-state index contributed by atoms with van der Waals surface area (Å²) in [7, 11) is -2.71. The predicted molar refractivity (Wildman–Crippen MR) is 152 cm³/mol. The maximum atomic E-state index is 13.8. The van der Waals surface area contributed by atoms with Crippen LogP contribution in [0.4, 0.5) is 5.69 Å². The zero-order valence-corrected chi connectivity index (χ0v) is 24.4. The molecule has 0 fully saturated rings. The highest BCUT2D eigenvalue weighted by atomic mass is 35.5. The van der Waals surface area contributed by atoms with E-state index in [-0.39, 0.29) is 11.4 Å². The highest BCUT2D eigenvalue weighted by Gasteiger charge is 2.32. The fraction of sp³-hybridized carbons (Fsp3) is 0.259. The third-order valence-electron chi connectivity index (χ3n) is 6.21. The number of nitrogens with one attached hydrogen (secondary N) is 1. The molecule has 1 atom stereocenters. The number of rotatable bonds is 9. The van der Waals surface area contributed by atoms with E-state index in [1.54, 1.807) is 43.3 Å². The maximum absolute atomic E-state index is 13.8. The topological polar surface area (TPSA) is 86.8 Å². The molecule has 11 heteroatoms. The molecule has 0 bridgehead atoms. The summed E-state index contributed by atoms with van der Waals surface area (Å²) in [4.78, 5) is 27.6. The summed E-state index contributed by atoms with van der Waals surface area (Å²) in [6, 6.07) is 14.9. The molecule has 0 aromatic heterocycles. The number of carbonyl (C=O) groups excluding carboxylic acids is 2. The minimum Gasteiger partial charge on any atom is -0.357 e. The Kier molecular flexibility index (Phi) is 9.70. The van der Waals surface area contributed by atoms with Crippen molar-refractivity contribution in [2.24, 2.45) is 0 Å². The second kappa shape index (κ2) is 12.4. The highest BCUT2D eigenvalue weighted by molar-refractivity contribution is 7.92. The van der Waals surface area contributed by atoms with Gasteiger partial charge in [-0.15, -0.1) is 0 Å². The van der Waals surface area contributed by atoms with Gasteiger partial charge in [-0.1, -0.05) is 46.9 Å². The third-order valence-corrected chi connectivity index (χ3v) is 8.99. The van der Waals surface area contributed by atoms with E-state index in [9.17, 15) is 18.0 Å². The summed E-state index contributed by atoms with van der Waals surface area (Å²) in [5, 5.41) is 3.57. The van der Waals surface area contributed by atoms with E-state index in [4.69, 9.17) is 34.8 Å². The first kappa shape index (κ1) is 29.8. The average molecular weight is 597 g/mol. The zero-order valence-electron chi connectivity index (χ0n) is 21.3. The molecule has 2 amide bonds. The van der Waals surface area contributed by atoms with E-state index in [1.807, 2.05) is 13.8 Å². The average Bonchev–Trinajstić information content (AvgIpc) is 2.88. The lowest BCUT2D eigenvalue weighted by Crippen LogP contribution is -2.50. The van der Waals surface area contributed by atoms with E-state index in [0.29, 0.717) is 26.3 Å². The summed E-state index contributed by atoms with van der Waals surface area (Å²) in [6.45, 7) is 4.80. The van der Waals surface area contributed by atoms with Gasteiger partial charge in [0.25, 0.3) is 10.0 Å². The van der Waals surface area contributed by atoms with Gasteiger partial charge in [-0.3, -0.25) is 13.9 Å². The van der Waals surface area contributed by atoms with E-state index in [1.165, 1.54) is 36.2 Å². The van der Waals surface area contributed by atoms with E-state index in [2.05, 4.69) is 5.32 Å². The molecule has 1 N–H and O–H groups in total. The number of amides is 2. The Morgan fingerprint density at radius 3 is 2.13 bits per heavy atom. The number of anilines is 1. The SMILES string of the molecule is CNC(=O)C(C)N(Cc1ccc(Cl)c(Cl)c1)C(=O)CN(c1ccc(C)c(C)c1)S(=O)(=O)c1ccc(Cl)cc1. The number of hydrogen-bond donors (Lipinski definition) is 1. The lowest BCUT2D eigenvalue weighted by Gasteiger charge is -2.32. The van der Waals surface area contributed by atoms with Crippen LogP contribution in [0.2, 0.25) is 15.1 Å². The largest absolute Gasteiger partial charge is 0.357 e. The molecule has 0 aliphatic carbocycles. The molecule has 0 radical (unpaired) electrons.